The zero-order valence-corrected chi connectivity index (χ0v) is 11.7. The minimum Gasteiger partial charge on any atom is -0.467 e. The number of benzene rings is 1. The third-order valence-corrected chi connectivity index (χ3v) is 3.24. The van der Waals surface area contributed by atoms with Crippen molar-refractivity contribution in [3.05, 3.63) is 59.0 Å². The summed E-state index contributed by atoms with van der Waals surface area (Å²) in [5.74, 6) is 5.43. The molecule has 0 unspecified atom stereocenters. The molecule has 0 aliphatic heterocycles. The maximum Gasteiger partial charge on any atom is 0.268 e. The lowest BCUT2D eigenvalue weighted by Gasteiger charge is -2.17. The van der Waals surface area contributed by atoms with Crippen molar-refractivity contribution in [2.45, 2.75) is 20.0 Å². The molecule has 2 aromatic rings. The summed E-state index contributed by atoms with van der Waals surface area (Å²) < 4.78 is 5.37. The van der Waals surface area contributed by atoms with Crippen LogP contribution in [0.25, 0.3) is 0 Å². The van der Waals surface area contributed by atoms with E-state index in [0.717, 1.165) is 6.54 Å². The number of carbonyl (C=O) groups is 1. The van der Waals surface area contributed by atoms with Gasteiger partial charge in [0, 0.05) is 6.54 Å². The van der Waals surface area contributed by atoms with E-state index in [9.17, 15) is 4.79 Å². The predicted molar refractivity (Wildman–Crippen MR) is 76.7 cm³/mol. The van der Waals surface area contributed by atoms with Crippen molar-refractivity contribution in [3.8, 4) is 0 Å². The van der Waals surface area contributed by atoms with Crippen molar-refractivity contribution in [3.63, 3.8) is 0 Å². The maximum absolute atomic E-state index is 11.6. The summed E-state index contributed by atoms with van der Waals surface area (Å²) in [6.07, 6.45) is 1.50. The van der Waals surface area contributed by atoms with E-state index in [1.165, 1.54) is 17.4 Å². The topological polar surface area (TPSA) is 71.5 Å². The van der Waals surface area contributed by atoms with Crippen molar-refractivity contribution in [1.82, 2.24) is 10.3 Å². The monoisotopic (exact) mass is 273 g/mol. The van der Waals surface area contributed by atoms with Gasteiger partial charge in [-0.1, -0.05) is 24.3 Å². The largest absolute Gasteiger partial charge is 0.467 e. The van der Waals surface area contributed by atoms with Crippen molar-refractivity contribution >= 4 is 5.91 Å². The van der Waals surface area contributed by atoms with Gasteiger partial charge in [-0.15, -0.1) is 0 Å². The van der Waals surface area contributed by atoms with Crippen LogP contribution in [-0.2, 0) is 13.1 Å². The molecule has 1 amide bonds. The van der Waals surface area contributed by atoms with E-state index in [1.807, 2.05) is 19.2 Å². The molecular weight excluding hydrogens is 254 g/mol. The van der Waals surface area contributed by atoms with Crippen LogP contribution >= 0.6 is 0 Å². The Balaban J connectivity index is 2.05. The number of nitrogens with zero attached hydrogens (tertiary/aromatic N) is 1. The Bertz CT molecular complexity index is 592. The van der Waals surface area contributed by atoms with Gasteiger partial charge in [-0.3, -0.25) is 15.1 Å². The number of aryl methyl sites for hydroxylation is 1. The van der Waals surface area contributed by atoms with Gasteiger partial charge in [-0.25, -0.2) is 5.84 Å². The summed E-state index contributed by atoms with van der Waals surface area (Å²) in [6.45, 7) is 3.42. The van der Waals surface area contributed by atoms with Crippen LogP contribution in [0.4, 0.5) is 0 Å². The molecule has 1 aromatic heterocycles. The van der Waals surface area contributed by atoms with Crippen LogP contribution < -0.4 is 11.3 Å². The average molecular weight is 273 g/mol. The normalized spacial score (nSPS) is 10.8. The number of nitrogens with one attached hydrogen (secondary N) is 1. The molecule has 0 saturated heterocycles. The molecule has 0 aliphatic rings. The van der Waals surface area contributed by atoms with Gasteiger partial charge in [-0.2, -0.15) is 0 Å². The molecule has 0 bridgehead atoms. The highest BCUT2D eigenvalue weighted by molar-refractivity contribution is 5.94. The van der Waals surface area contributed by atoms with Gasteiger partial charge in [0.2, 0.25) is 0 Å². The Labute approximate surface area is 118 Å². The lowest BCUT2D eigenvalue weighted by atomic mass is 10.1. The molecule has 106 valence electrons. The zero-order chi connectivity index (χ0) is 14.5. The Morgan fingerprint density at radius 2 is 2.05 bits per heavy atom. The second-order valence-electron chi connectivity index (χ2n) is 4.83. The average Bonchev–Trinajstić information content (AvgIpc) is 2.88. The second-order valence-corrected chi connectivity index (χ2v) is 4.83. The summed E-state index contributed by atoms with van der Waals surface area (Å²) in [4.78, 5) is 13.7. The molecule has 20 heavy (non-hydrogen) atoms. The van der Waals surface area contributed by atoms with Crippen LogP contribution in [0.2, 0.25) is 0 Å². The van der Waals surface area contributed by atoms with Gasteiger partial charge in [0.15, 0.2) is 0 Å². The molecule has 5 nitrogen and oxygen atoms in total. The summed E-state index contributed by atoms with van der Waals surface area (Å²) in [5.41, 5.74) is 5.10. The smallest absolute Gasteiger partial charge is 0.268 e. The van der Waals surface area contributed by atoms with Gasteiger partial charge in [0.25, 0.3) is 5.91 Å². The van der Waals surface area contributed by atoms with E-state index in [0.29, 0.717) is 17.9 Å². The van der Waals surface area contributed by atoms with Crippen LogP contribution in [0, 0.1) is 6.92 Å². The first kappa shape index (κ1) is 14.3. The number of nitrogen functional groups attached to an aromatic ring is 1. The van der Waals surface area contributed by atoms with Crippen molar-refractivity contribution in [2.24, 2.45) is 5.84 Å². The quantitative estimate of drug-likeness (QED) is 0.495. The van der Waals surface area contributed by atoms with Crippen molar-refractivity contribution in [2.75, 3.05) is 7.05 Å². The molecule has 5 heteroatoms. The van der Waals surface area contributed by atoms with E-state index in [-0.39, 0.29) is 5.91 Å². The van der Waals surface area contributed by atoms with Gasteiger partial charge in [-0.05, 0) is 31.2 Å². The maximum atomic E-state index is 11.6. The molecule has 0 atom stereocenters. The molecule has 0 saturated carbocycles. The van der Waals surface area contributed by atoms with Gasteiger partial charge >= 0.3 is 0 Å². The van der Waals surface area contributed by atoms with E-state index >= 15 is 0 Å². The Morgan fingerprint density at radius 1 is 1.30 bits per heavy atom. The number of nitrogens with two attached hydrogens (primary N) is 1. The summed E-state index contributed by atoms with van der Waals surface area (Å²) in [5, 5.41) is 0. The zero-order valence-electron chi connectivity index (χ0n) is 11.7. The van der Waals surface area contributed by atoms with Crippen LogP contribution in [-0.4, -0.2) is 17.9 Å². The first-order chi connectivity index (χ1) is 9.61. The lowest BCUT2D eigenvalue weighted by Crippen LogP contribution is -2.31. The number of furan rings is 1. The van der Waals surface area contributed by atoms with E-state index in [2.05, 4.69) is 29.4 Å². The molecule has 0 aliphatic carbocycles. The van der Waals surface area contributed by atoms with Gasteiger partial charge in [0.1, 0.15) is 5.76 Å². The molecule has 1 aromatic carbocycles. The SMILES string of the molecule is Cc1ccccc1CN(C)Cc1occc1C(=O)NN. The highest BCUT2D eigenvalue weighted by Gasteiger charge is 2.15. The number of hydrogen-bond donors (Lipinski definition) is 2. The number of hydrogen-bond acceptors (Lipinski definition) is 4. The van der Waals surface area contributed by atoms with Gasteiger partial charge < -0.3 is 4.42 Å². The van der Waals surface area contributed by atoms with E-state index in [4.69, 9.17) is 10.3 Å². The minimum absolute atomic E-state index is 0.335. The molecule has 1 heterocycles. The second kappa shape index (κ2) is 6.36. The van der Waals surface area contributed by atoms with E-state index in [1.54, 1.807) is 6.07 Å². The molecule has 0 radical (unpaired) electrons. The predicted octanol–water partition coefficient (Wildman–Crippen LogP) is 1.82. The Morgan fingerprint density at radius 3 is 2.75 bits per heavy atom. The molecule has 2 rings (SSSR count). The van der Waals surface area contributed by atoms with Crippen LogP contribution in [0.1, 0.15) is 27.2 Å². The fourth-order valence-electron chi connectivity index (χ4n) is 2.12. The van der Waals surface area contributed by atoms with Crippen LogP contribution in [0.3, 0.4) is 0 Å². The number of carbonyl (C=O) groups excluding carboxylic acids is 1. The van der Waals surface area contributed by atoms with Crippen LogP contribution in [0.5, 0.6) is 0 Å². The van der Waals surface area contributed by atoms with E-state index < -0.39 is 0 Å². The summed E-state index contributed by atoms with van der Waals surface area (Å²) in [6, 6.07) is 9.86. The first-order valence-electron chi connectivity index (χ1n) is 6.42. The first-order valence-corrected chi connectivity index (χ1v) is 6.42. The molecule has 0 fully saturated rings. The molecular formula is C15H19N3O2. The molecule has 3 N–H and O–H groups in total. The number of rotatable bonds is 5. The summed E-state index contributed by atoms with van der Waals surface area (Å²) >= 11 is 0. The van der Waals surface area contributed by atoms with Crippen molar-refractivity contribution in [1.29, 1.82) is 0 Å². The lowest BCUT2D eigenvalue weighted by molar-refractivity contribution is 0.0950. The summed E-state index contributed by atoms with van der Waals surface area (Å²) in [7, 11) is 1.99. The third kappa shape index (κ3) is 3.26. The highest BCUT2D eigenvalue weighted by Crippen LogP contribution is 2.15. The van der Waals surface area contributed by atoms with Crippen LogP contribution in [0.15, 0.2) is 41.0 Å². The van der Waals surface area contributed by atoms with Crippen molar-refractivity contribution < 1.29 is 9.21 Å². The fourth-order valence-corrected chi connectivity index (χ4v) is 2.12. The number of amides is 1. The fraction of sp³-hybridized carbons (Fsp3) is 0.267. The Kier molecular flexibility index (Phi) is 4.55. The minimum atomic E-state index is -0.335. The highest BCUT2D eigenvalue weighted by atomic mass is 16.3. The standard InChI is InChI=1S/C15H19N3O2/c1-11-5-3-4-6-12(11)9-18(2)10-14-13(7-8-20-14)15(19)17-16/h3-8H,9-10,16H2,1-2H3,(H,17,19). The third-order valence-electron chi connectivity index (χ3n) is 3.24. The molecule has 0 spiro atoms. The number of hydrazine groups is 1. The van der Waals surface area contributed by atoms with Gasteiger partial charge in [0.05, 0.1) is 18.4 Å². The Hall–Kier alpha value is -2.11.